The Morgan fingerprint density at radius 1 is 1.03 bits per heavy atom. The first-order chi connectivity index (χ1) is 13.9. The summed E-state index contributed by atoms with van der Waals surface area (Å²) in [7, 11) is 0. The topological polar surface area (TPSA) is 82.3 Å². The van der Waals surface area contributed by atoms with Gasteiger partial charge in [0.2, 0.25) is 0 Å². The van der Waals surface area contributed by atoms with Crippen molar-refractivity contribution in [2.24, 2.45) is 0 Å². The highest BCUT2D eigenvalue weighted by Crippen LogP contribution is 2.27. The third kappa shape index (κ3) is 4.21. The van der Waals surface area contributed by atoms with Gasteiger partial charge in [0.1, 0.15) is 11.4 Å². The van der Waals surface area contributed by atoms with Crippen LogP contribution in [0, 0.1) is 0 Å². The minimum absolute atomic E-state index is 0.0612. The molecule has 4 rings (SSSR count). The van der Waals surface area contributed by atoms with Gasteiger partial charge in [-0.05, 0) is 36.4 Å². The van der Waals surface area contributed by atoms with E-state index in [-0.39, 0.29) is 23.7 Å². The van der Waals surface area contributed by atoms with E-state index < -0.39 is 12.1 Å². The smallest absolute Gasteiger partial charge is 0.406 e. The average Bonchev–Trinajstić information content (AvgIpc) is 3.11. The molecule has 4 aromatic rings. The van der Waals surface area contributed by atoms with Crippen LogP contribution < -0.4 is 4.74 Å². The predicted molar refractivity (Wildman–Crippen MR) is 95.2 cm³/mol. The second kappa shape index (κ2) is 7.30. The lowest BCUT2D eigenvalue weighted by molar-refractivity contribution is -0.274. The second-order valence-corrected chi connectivity index (χ2v) is 6.01. The minimum Gasteiger partial charge on any atom is -0.406 e. The molecule has 0 aliphatic rings. The standard InChI is InChI=1S/C19H12F3N5O2/c20-19(21,22)29-14-6-3-4-12(10-14)18-25-24-17-8-7-15(26-27(17)18)16(28)11-13-5-1-2-9-23-13/h1-10H,11H2. The molecule has 0 spiro atoms. The van der Waals surface area contributed by atoms with Gasteiger partial charge in [0.05, 0.1) is 6.42 Å². The third-order valence-corrected chi connectivity index (χ3v) is 3.94. The number of carbonyl (C=O) groups excluding carboxylic acids is 1. The molecule has 0 unspecified atom stereocenters. The van der Waals surface area contributed by atoms with E-state index >= 15 is 0 Å². The van der Waals surface area contributed by atoms with Crippen molar-refractivity contribution >= 4 is 11.4 Å². The number of benzene rings is 1. The Balaban J connectivity index is 1.67. The van der Waals surface area contributed by atoms with Crippen molar-refractivity contribution in [3.8, 4) is 17.1 Å². The molecule has 0 N–H and O–H groups in total. The van der Waals surface area contributed by atoms with Crippen LogP contribution in [0.25, 0.3) is 17.0 Å². The van der Waals surface area contributed by atoms with Crippen molar-refractivity contribution < 1.29 is 22.7 Å². The molecule has 0 bridgehead atoms. The van der Waals surface area contributed by atoms with Gasteiger partial charge in [-0.2, -0.15) is 9.61 Å². The van der Waals surface area contributed by atoms with Gasteiger partial charge in [-0.1, -0.05) is 18.2 Å². The monoisotopic (exact) mass is 399 g/mol. The van der Waals surface area contributed by atoms with E-state index in [4.69, 9.17) is 0 Å². The normalized spacial score (nSPS) is 11.6. The first kappa shape index (κ1) is 18.5. The fraction of sp³-hybridized carbons (Fsp3) is 0.105. The fourth-order valence-electron chi connectivity index (χ4n) is 2.71. The van der Waals surface area contributed by atoms with Crippen molar-refractivity contribution in [3.05, 3.63) is 72.2 Å². The molecule has 3 aromatic heterocycles. The zero-order chi connectivity index (χ0) is 20.4. The molecular weight excluding hydrogens is 387 g/mol. The summed E-state index contributed by atoms with van der Waals surface area (Å²) in [6, 6.07) is 13.6. The summed E-state index contributed by atoms with van der Waals surface area (Å²) in [6.45, 7) is 0. The van der Waals surface area contributed by atoms with Crippen LogP contribution in [0.4, 0.5) is 13.2 Å². The highest BCUT2D eigenvalue weighted by Gasteiger charge is 2.31. The van der Waals surface area contributed by atoms with Crippen molar-refractivity contribution in [2.75, 3.05) is 0 Å². The summed E-state index contributed by atoms with van der Waals surface area (Å²) in [5.41, 5.74) is 1.41. The van der Waals surface area contributed by atoms with Crippen molar-refractivity contribution in [2.45, 2.75) is 12.8 Å². The van der Waals surface area contributed by atoms with Gasteiger partial charge in [-0.3, -0.25) is 9.78 Å². The third-order valence-electron chi connectivity index (χ3n) is 3.94. The maximum Gasteiger partial charge on any atom is 0.573 e. The number of aromatic nitrogens is 5. The van der Waals surface area contributed by atoms with E-state index in [1.165, 1.54) is 28.8 Å². The molecule has 29 heavy (non-hydrogen) atoms. The largest absolute Gasteiger partial charge is 0.573 e. The number of rotatable bonds is 5. The maximum atomic E-state index is 12.5. The van der Waals surface area contributed by atoms with Crippen LogP contribution in [-0.4, -0.2) is 36.9 Å². The molecule has 7 nitrogen and oxygen atoms in total. The fourth-order valence-corrected chi connectivity index (χ4v) is 2.71. The Hall–Kier alpha value is -3.82. The van der Waals surface area contributed by atoms with E-state index in [1.807, 2.05) is 0 Å². The second-order valence-electron chi connectivity index (χ2n) is 6.01. The number of carbonyl (C=O) groups is 1. The van der Waals surface area contributed by atoms with Crippen molar-refractivity contribution in [1.29, 1.82) is 0 Å². The van der Waals surface area contributed by atoms with Crippen LogP contribution in [0.5, 0.6) is 5.75 Å². The highest BCUT2D eigenvalue weighted by atomic mass is 19.4. The lowest BCUT2D eigenvalue weighted by atomic mass is 10.1. The molecule has 146 valence electrons. The molecule has 0 saturated carbocycles. The van der Waals surface area contributed by atoms with Crippen LogP contribution in [0.1, 0.15) is 16.2 Å². The first-order valence-corrected chi connectivity index (χ1v) is 8.41. The molecule has 0 amide bonds. The summed E-state index contributed by atoms with van der Waals surface area (Å²) in [6.07, 6.45) is -3.16. The first-order valence-electron chi connectivity index (χ1n) is 8.41. The summed E-state index contributed by atoms with van der Waals surface area (Å²) >= 11 is 0. The summed E-state index contributed by atoms with van der Waals surface area (Å²) in [4.78, 5) is 16.7. The lowest BCUT2D eigenvalue weighted by Crippen LogP contribution is -2.17. The Morgan fingerprint density at radius 2 is 1.90 bits per heavy atom. The van der Waals surface area contributed by atoms with E-state index in [1.54, 1.807) is 36.5 Å². The number of ether oxygens (including phenoxy) is 1. The molecule has 3 heterocycles. The number of fused-ring (bicyclic) bond motifs is 1. The van der Waals surface area contributed by atoms with E-state index in [9.17, 15) is 18.0 Å². The molecule has 1 aromatic carbocycles. The molecule has 0 atom stereocenters. The van der Waals surface area contributed by atoms with Gasteiger partial charge in [0, 0.05) is 17.5 Å². The number of hydrogen-bond acceptors (Lipinski definition) is 6. The van der Waals surface area contributed by atoms with Crippen LogP contribution >= 0.6 is 0 Å². The number of Topliss-reactive ketones (excluding diaryl/α,β-unsaturated/α-hetero) is 1. The van der Waals surface area contributed by atoms with Gasteiger partial charge < -0.3 is 4.74 Å². The summed E-state index contributed by atoms with van der Waals surface area (Å²) in [5, 5.41) is 12.2. The van der Waals surface area contributed by atoms with Crippen LogP contribution in [0.3, 0.4) is 0 Å². The molecule has 0 aliphatic heterocycles. The molecule has 0 saturated heterocycles. The van der Waals surface area contributed by atoms with Crippen LogP contribution in [0.15, 0.2) is 60.8 Å². The SMILES string of the molecule is O=C(Cc1ccccn1)c1ccc2nnc(-c3cccc(OC(F)(F)F)c3)n2n1. The van der Waals surface area contributed by atoms with Gasteiger partial charge in [-0.15, -0.1) is 23.4 Å². The number of nitrogens with zero attached hydrogens (tertiary/aromatic N) is 5. The van der Waals surface area contributed by atoms with E-state index in [0.717, 1.165) is 0 Å². The van der Waals surface area contributed by atoms with Crippen molar-refractivity contribution in [3.63, 3.8) is 0 Å². The quantitative estimate of drug-likeness (QED) is 0.478. The minimum atomic E-state index is -4.81. The number of hydrogen-bond donors (Lipinski definition) is 0. The number of ketones is 1. The zero-order valence-electron chi connectivity index (χ0n) is 14.7. The number of alkyl halides is 3. The Morgan fingerprint density at radius 3 is 2.66 bits per heavy atom. The maximum absolute atomic E-state index is 12.5. The predicted octanol–water partition coefficient (Wildman–Crippen LogP) is 3.51. The highest BCUT2D eigenvalue weighted by molar-refractivity contribution is 5.95. The van der Waals surface area contributed by atoms with E-state index in [2.05, 4.69) is 25.0 Å². The summed E-state index contributed by atoms with van der Waals surface area (Å²) in [5.74, 6) is -0.478. The van der Waals surface area contributed by atoms with Crippen molar-refractivity contribution in [1.82, 2.24) is 24.8 Å². The van der Waals surface area contributed by atoms with Gasteiger partial charge >= 0.3 is 6.36 Å². The summed E-state index contributed by atoms with van der Waals surface area (Å²) < 4.78 is 42.7. The Kier molecular flexibility index (Phi) is 4.67. The van der Waals surface area contributed by atoms with Gasteiger partial charge in [-0.25, -0.2) is 0 Å². The van der Waals surface area contributed by atoms with Gasteiger partial charge in [0.15, 0.2) is 17.3 Å². The number of halogens is 3. The Labute approximate surface area is 161 Å². The number of pyridine rings is 1. The van der Waals surface area contributed by atoms with Crippen LogP contribution in [0.2, 0.25) is 0 Å². The molecule has 0 radical (unpaired) electrons. The molecule has 10 heteroatoms. The van der Waals surface area contributed by atoms with Gasteiger partial charge in [0.25, 0.3) is 0 Å². The Bertz CT molecular complexity index is 1180. The molecule has 0 aliphatic carbocycles. The van der Waals surface area contributed by atoms with Crippen LogP contribution in [-0.2, 0) is 6.42 Å². The average molecular weight is 399 g/mol. The zero-order valence-corrected chi connectivity index (χ0v) is 14.7. The lowest BCUT2D eigenvalue weighted by Gasteiger charge is -2.09. The van der Waals surface area contributed by atoms with E-state index in [0.29, 0.717) is 16.9 Å². The molecule has 0 fully saturated rings. The molecular formula is C19H12F3N5O2.